The van der Waals surface area contributed by atoms with Crippen LogP contribution in [0, 0.1) is 0 Å². The Balaban J connectivity index is 2.43. The van der Waals surface area contributed by atoms with Crippen LogP contribution < -0.4 is 5.73 Å². The van der Waals surface area contributed by atoms with Crippen molar-refractivity contribution in [3.05, 3.63) is 60.4 Å². The van der Waals surface area contributed by atoms with E-state index in [1.807, 2.05) is 0 Å². The van der Waals surface area contributed by atoms with Crippen LogP contribution in [0.1, 0.15) is 16.1 Å². The van der Waals surface area contributed by atoms with Crippen molar-refractivity contribution in [2.45, 2.75) is 6.18 Å². The molecule has 0 unspecified atom stereocenters. The summed E-state index contributed by atoms with van der Waals surface area (Å²) in [4.78, 5) is 26.9. The van der Waals surface area contributed by atoms with E-state index in [0.717, 1.165) is 12.5 Å². The molecule has 1 amide bonds. The fourth-order valence-electron chi connectivity index (χ4n) is 2.40. The number of rotatable bonds is 3. The Bertz CT molecular complexity index is 914. The maximum absolute atomic E-state index is 13.9. The molecule has 0 aromatic carbocycles. The number of hydrogen-bond donors (Lipinski definition) is 1. The zero-order chi connectivity index (χ0) is 18.0. The van der Waals surface area contributed by atoms with Gasteiger partial charge >= 0.3 is 6.18 Å². The number of nitrogens with two attached hydrogens (primary N) is 1. The Morgan fingerprint density at radius 2 is 1.80 bits per heavy atom. The smallest absolute Gasteiger partial charge is 0.364 e. The third-order valence-electron chi connectivity index (χ3n) is 3.37. The van der Waals surface area contributed by atoms with Crippen molar-refractivity contribution in [1.29, 1.82) is 0 Å². The molecule has 25 heavy (non-hydrogen) atoms. The third kappa shape index (κ3) is 3.16. The SMILES string of the molecule is NC(=O)c1ncc(-c2ccncn2)c(C(F)(F)F)c1-c1ccccn1. The lowest BCUT2D eigenvalue weighted by molar-refractivity contribution is -0.136. The summed E-state index contributed by atoms with van der Waals surface area (Å²) in [5.41, 5.74) is 2.83. The zero-order valence-electron chi connectivity index (χ0n) is 12.5. The Morgan fingerprint density at radius 3 is 2.36 bits per heavy atom. The highest BCUT2D eigenvalue weighted by Crippen LogP contribution is 2.43. The van der Waals surface area contributed by atoms with Crippen LogP contribution >= 0.6 is 0 Å². The average Bonchev–Trinajstić information content (AvgIpc) is 2.61. The highest BCUT2D eigenvalue weighted by atomic mass is 19.4. The van der Waals surface area contributed by atoms with Crippen LogP contribution in [-0.2, 0) is 6.18 Å². The molecule has 6 nitrogen and oxygen atoms in total. The van der Waals surface area contributed by atoms with E-state index in [1.54, 1.807) is 6.07 Å². The van der Waals surface area contributed by atoms with Crippen molar-refractivity contribution in [1.82, 2.24) is 19.9 Å². The first-order valence-electron chi connectivity index (χ1n) is 6.97. The van der Waals surface area contributed by atoms with Gasteiger partial charge in [-0.05, 0) is 18.2 Å². The van der Waals surface area contributed by atoms with Gasteiger partial charge in [-0.25, -0.2) is 15.0 Å². The minimum atomic E-state index is -4.79. The van der Waals surface area contributed by atoms with Gasteiger partial charge in [0.05, 0.1) is 17.0 Å². The molecule has 0 bridgehead atoms. The molecule has 3 aromatic rings. The number of aromatic nitrogens is 4. The monoisotopic (exact) mass is 345 g/mol. The summed E-state index contributed by atoms with van der Waals surface area (Å²) in [5.74, 6) is -1.08. The quantitative estimate of drug-likeness (QED) is 0.787. The summed E-state index contributed by atoms with van der Waals surface area (Å²) < 4.78 is 41.6. The first-order chi connectivity index (χ1) is 11.9. The average molecular weight is 345 g/mol. The van der Waals surface area contributed by atoms with Crippen LogP contribution in [0.5, 0.6) is 0 Å². The highest BCUT2D eigenvalue weighted by Gasteiger charge is 2.40. The van der Waals surface area contributed by atoms with E-state index in [0.29, 0.717) is 0 Å². The number of carbonyl (C=O) groups is 1. The van der Waals surface area contributed by atoms with E-state index < -0.39 is 28.9 Å². The van der Waals surface area contributed by atoms with E-state index in [4.69, 9.17) is 5.73 Å². The van der Waals surface area contributed by atoms with Gasteiger partial charge in [0.15, 0.2) is 0 Å². The summed E-state index contributed by atoms with van der Waals surface area (Å²) in [6, 6.07) is 5.72. The van der Waals surface area contributed by atoms with Crippen LogP contribution in [0.4, 0.5) is 13.2 Å². The Kier molecular flexibility index (Phi) is 4.14. The number of alkyl halides is 3. The second-order valence-electron chi connectivity index (χ2n) is 4.94. The number of pyridine rings is 2. The summed E-state index contributed by atoms with van der Waals surface area (Å²) in [7, 11) is 0. The van der Waals surface area contributed by atoms with Crippen molar-refractivity contribution in [2.24, 2.45) is 5.73 Å². The van der Waals surface area contributed by atoms with Crippen molar-refractivity contribution in [3.63, 3.8) is 0 Å². The maximum atomic E-state index is 13.9. The van der Waals surface area contributed by atoms with Gasteiger partial charge in [-0.15, -0.1) is 0 Å². The molecular formula is C16H10F3N5O. The molecule has 0 atom stereocenters. The van der Waals surface area contributed by atoms with Gasteiger partial charge in [0, 0.05) is 29.7 Å². The molecule has 0 saturated carbocycles. The Hall–Kier alpha value is -3.36. The number of halogens is 3. The van der Waals surface area contributed by atoms with Crippen molar-refractivity contribution in [2.75, 3.05) is 0 Å². The van der Waals surface area contributed by atoms with Gasteiger partial charge < -0.3 is 5.73 Å². The fraction of sp³-hybridized carbons (Fsp3) is 0.0625. The summed E-state index contributed by atoms with van der Waals surface area (Å²) >= 11 is 0. The lowest BCUT2D eigenvalue weighted by Gasteiger charge is -2.18. The predicted octanol–water partition coefficient (Wildman–Crippen LogP) is 2.72. The first kappa shape index (κ1) is 16.5. The Labute approximate surface area is 139 Å². The van der Waals surface area contributed by atoms with Crippen molar-refractivity contribution >= 4 is 5.91 Å². The van der Waals surface area contributed by atoms with Gasteiger partial charge in [-0.3, -0.25) is 9.78 Å². The summed E-state index contributed by atoms with van der Waals surface area (Å²) in [6.07, 6.45) is -0.113. The molecule has 3 rings (SSSR count). The lowest BCUT2D eigenvalue weighted by Crippen LogP contribution is -2.20. The number of amides is 1. The maximum Gasteiger partial charge on any atom is 0.417 e. The molecule has 0 aliphatic rings. The number of hydrogen-bond acceptors (Lipinski definition) is 5. The molecule has 2 N–H and O–H groups in total. The number of nitrogens with zero attached hydrogens (tertiary/aromatic N) is 4. The topological polar surface area (TPSA) is 94.7 Å². The van der Waals surface area contributed by atoms with Gasteiger partial charge in [0.1, 0.15) is 12.0 Å². The standard InChI is InChI=1S/C16H10F3N5O/c17-16(18,19)13-9(10-4-6-21-8-24-10)7-23-14(15(20)25)12(13)11-3-1-2-5-22-11/h1-8H,(H2,20,25). The minimum absolute atomic E-state index is 0.0167. The van der Waals surface area contributed by atoms with Crippen LogP contribution in [0.2, 0.25) is 0 Å². The molecule has 0 saturated heterocycles. The van der Waals surface area contributed by atoms with Crippen LogP contribution in [0.15, 0.2) is 49.2 Å². The molecule has 126 valence electrons. The van der Waals surface area contributed by atoms with Crippen LogP contribution in [-0.4, -0.2) is 25.8 Å². The molecule has 3 aromatic heterocycles. The zero-order valence-corrected chi connectivity index (χ0v) is 12.5. The normalized spacial score (nSPS) is 11.3. The molecule has 0 spiro atoms. The fourth-order valence-corrected chi connectivity index (χ4v) is 2.40. The molecule has 9 heteroatoms. The number of carbonyl (C=O) groups excluding carboxylic acids is 1. The van der Waals surface area contributed by atoms with E-state index in [-0.39, 0.29) is 17.0 Å². The van der Waals surface area contributed by atoms with Crippen LogP contribution in [0.3, 0.4) is 0 Å². The number of primary amides is 1. The molecule has 0 fully saturated rings. The van der Waals surface area contributed by atoms with Gasteiger partial charge in [-0.2, -0.15) is 13.2 Å². The van der Waals surface area contributed by atoms with E-state index in [1.165, 1.54) is 30.6 Å². The lowest BCUT2D eigenvalue weighted by atomic mass is 9.95. The minimum Gasteiger partial charge on any atom is -0.364 e. The van der Waals surface area contributed by atoms with Gasteiger partial charge in [-0.1, -0.05) is 6.07 Å². The largest absolute Gasteiger partial charge is 0.417 e. The van der Waals surface area contributed by atoms with Gasteiger partial charge in [0.2, 0.25) is 0 Å². The van der Waals surface area contributed by atoms with Crippen LogP contribution in [0.25, 0.3) is 22.5 Å². The second-order valence-corrected chi connectivity index (χ2v) is 4.94. The van der Waals surface area contributed by atoms with E-state index in [9.17, 15) is 18.0 Å². The predicted molar refractivity (Wildman–Crippen MR) is 82.0 cm³/mol. The molecule has 0 aliphatic heterocycles. The van der Waals surface area contributed by atoms with Gasteiger partial charge in [0.25, 0.3) is 5.91 Å². The summed E-state index contributed by atoms with van der Waals surface area (Å²) in [6.45, 7) is 0. The van der Waals surface area contributed by atoms with E-state index in [2.05, 4.69) is 19.9 Å². The molecular weight excluding hydrogens is 335 g/mol. The molecule has 0 aliphatic carbocycles. The first-order valence-corrected chi connectivity index (χ1v) is 6.97. The highest BCUT2D eigenvalue weighted by molar-refractivity contribution is 5.99. The molecule has 3 heterocycles. The van der Waals surface area contributed by atoms with Crippen molar-refractivity contribution in [3.8, 4) is 22.5 Å². The Morgan fingerprint density at radius 1 is 1.00 bits per heavy atom. The third-order valence-corrected chi connectivity index (χ3v) is 3.37. The van der Waals surface area contributed by atoms with Crippen molar-refractivity contribution < 1.29 is 18.0 Å². The molecule has 0 radical (unpaired) electrons. The second kappa shape index (κ2) is 6.27. The van der Waals surface area contributed by atoms with E-state index >= 15 is 0 Å². The summed E-state index contributed by atoms with van der Waals surface area (Å²) in [5, 5.41) is 0.